The molecule has 1 aromatic heterocycles. The molecule has 1 fully saturated rings. The number of benzene rings is 1. The molecule has 0 radical (unpaired) electrons. The van der Waals surface area contributed by atoms with Crippen LogP contribution in [0, 0.1) is 0 Å². The molecule has 8 nitrogen and oxygen atoms in total. The number of amides is 3. The van der Waals surface area contributed by atoms with Crippen LogP contribution in [0.4, 0.5) is 11.5 Å². The average molecular weight is 486 g/mol. The SMILES string of the molecule is CCC1=NC2(CCCCCC2)N(CC(=O)Nc2ccc3c(c2)C[C@@]2(C3)C(=O)Nc3ncccc32)C1=O. The molecule has 8 heteroatoms. The largest absolute Gasteiger partial charge is 0.325 e. The Bertz CT molecular complexity index is 1290. The molecule has 3 heterocycles. The zero-order chi connectivity index (χ0) is 24.9. The second-order valence-electron chi connectivity index (χ2n) is 10.5. The van der Waals surface area contributed by atoms with E-state index in [2.05, 4.69) is 15.6 Å². The molecular weight excluding hydrogens is 454 g/mol. The second-order valence-corrected chi connectivity index (χ2v) is 10.5. The third-order valence-corrected chi connectivity index (χ3v) is 8.34. The molecule has 2 aliphatic heterocycles. The van der Waals surface area contributed by atoms with Gasteiger partial charge >= 0.3 is 0 Å². The van der Waals surface area contributed by atoms with E-state index in [0.717, 1.165) is 55.2 Å². The average Bonchev–Trinajstić information content (AvgIpc) is 3.38. The van der Waals surface area contributed by atoms with Crippen molar-refractivity contribution < 1.29 is 14.4 Å². The maximum Gasteiger partial charge on any atom is 0.270 e. The van der Waals surface area contributed by atoms with Gasteiger partial charge in [-0.2, -0.15) is 0 Å². The quantitative estimate of drug-likeness (QED) is 0.688. The minimum atomic E-state index is -0.643. The van der Waals surface area contributed by atoms with Gasteiger partial charge in [-0.05, 0) is 74.3 Å². The van der Waals surface area contributed by atoms with Gasteiger partial charge in [0.25, 0.3) is 5.91 Å². The summed E-state index contributed by atoms with van der Waals surface area (Å²) in [5.41, 5.74) is 3.14. The molecule has 0 bridgehead atoms. The molecule has 1 atom stereocenters. The molecule has 4 aliphatic rings. The van der Waals surface area contributed by atoms with Gasteiger partial charge in [0.1, 0.15) is 23.7 Å². The molecular formula is C28H31N5O3. The fourth-order valence-corrected chi connectivity index (χ4v) is 6.52. The molecule has 1 saturated carbocycles. The lowest BCUT2D eigenvalue weighted by molar-refractivity contribution is -0.133. The maximum atomic E-state index is 13.2. The van der Waals surface area contributed by atoms with Gasteiger partial charge in [-0.3, -0.25) is 19.4 Å². The Kier molecular flexibility index (Phi) is 5.43. The van der Waals surface area contributed by atoms with Crippen molar-refractivity contribution in [1.82, 2.24) is 9.88 Å². The highest BCUT2D eigenvalue weighted by atomic mass is 16.2. The van der Waals surface area contributed by atoms with Crippen LogP contribution in [-0.4, -0.2) is 45.5 Å². The monoisotopic (exact) mass is 485 g/mol. The summed E-state index contributed by atoms with van der Waals surface area (Å²) in [4.78, 5) is 50.1. The summed E-state index contributed by atoms with van der Waals surface area (Å²) in [6.07, 6.45) is 9.40. The van der Waals surface area contributed by atoms with Crippen LogP contribution in [0.25, 0.3) is 0 Å². The van der Waals surface area contributed by atoms with Crippen LogP contribution in [-0.2, 0) is 32.6 Å². The summed E-state index contributed by atoms with van der Waals surface area (Å²) < 4.78 is 0. The number of aromatic nitrogens is 1. The normalized spacial score (nSPS) is 23.9. The predicted molar refractivity (Wildman–Crippen MR) is 137 cm³/mol. The van der Waals surface area contributed by atoms with Gasteiger partial charge in [0.2, 0.25) is 11.8 Å². The van der Waals surface area contributed by atoms with Gasteiger partial charge in [-0.1, -0.05) is 31.9 Å². The minimum Gasteiger partial charge on any atom is -0.325 e. The molecule has 2 aliphatic carbocycles. The fourth-order valence-electron chi connectivity index (χ4n) is 6.52. The van der Waals surface area contributed by atoms with Crippen LogP contribution in [0.1, 0.15) is 68.6 Å². The molecule has 1 aromatic carbocycles. The number of nitrogens with one attached hydrogen (secondary N) is 2. The van der Waals surface area contributed by atoms with Crippen molar-refractivity contribution in [2.75, 3.05) is 17.2 Å². The highest BCUT2D eigenvalue weighted by Gasteiger charge is 2.51. The lowest BCUT2D eigenvalue weighted by Crippen LogP contribution is -2.50. The Morgan fingerprint density at radius 3 is 2.64 bits per heavy atom. The molecule has 186 valence electrons. The molecule has 3 amide bonds. The van der Waals surface area contributed by atoms with E-state index in [1.165, 1.54) is 0 Å². The van der Waals surface area contributed by atoms with Crippen molar-refractivity contribution in [2.24, 2.45) is 4.99 Å². The van der Waals surface area contributed by atoms with Crippen LogP contribution in [0.3, 0.4) is 0 Å². The Morgan fingerprint density at radius 1 is 1.08 bits per heavy atom. The fraction of sp³-hybridized carbons (Fsp3) is 0.464. The molecule has 2 N–H and O–H groups in total. The maximum absolute atomic E-state index is 13.2. The van der Waals surface area contributed by atoms with Crippen molar-refractivity contribution >= 4 is 34.9 Å². The highest BCUT2D eigenvalue weighted by molar-refractivity contribution is 6.40. The van der Waals surface area contributed by atoms with E-state index < -0.39 is 11.1 Å². The number of hydrogen-bond donors (Lipinski definition) is 2. The molecule has 6 rings (SSSR count). The number of carbonyl (C=O) groups excluding carboxylic acids is 3. The van der Waals surface area contributed by atoms with E-state index >= 15 is 0 Å². The Balaban J connectivity index is 1.19. The summed E-state index contributed by atoms with van der Waals surface area (Å²) in [5, 5.41) is 5.93. The summed E-state index contributed by atoms with van der Waals surface area (Å²) >= 11 is 0. The smallest absolute Gasteiger partial charge is 0.270 e. The van der Waals surface area contributed by atoms with Crippen LogP contribution in [0.2, 0.25) is 0 Å². The summed E-state index contributed by atoms with van der Waals surface area (Å²) in [6, 6.07) is 9.67. The first-order chi connectivity index (χ1) is 17.4. The number of anilines is 2. The van der Waals surface area contributed by atoms with Crippen LogP contribution in [0.5, 0.6) is 0 Å². The Hall–Kier alpha value is -3.55. The van der Waals surface area contributed by atoms with Gasteiger partial charge < -0.3 is 15.5 Å². The molecule has 0 saturated heterocycles. The number of rotatable bonds is 4. The van der Waals surface area contributed by atoms with Crippen molar-refractivity contribution in [2.45, 2.75) is 75.8 Å². The number of nitrogens with zero attached hydrogens (tertiary/aromatic N) is 3. The van der Waals surface area contributed by atoms with E-state index in [1.54, 1.807) is 11.1 Å². The predicted octanol–water partition coefficient (Wildman–Crippen LogP) is 3.75. The molecule has 36 heavy (non-hydrogen) atoms. The van der Waals surface area contributed by atoms with Gasteiger partial charge in [0, 0.05) is 17.4 Å². The van der Waals surface area contributed by atoms with Crippen molar-refractivity contribution in [3.63, 3.8) is 0 Å². The standard InChI is InChI=1S/C28H31N5O3/c1-2-22-25(35)33(28(32-22)11-5-3-4-6-12-28)17-23(34)30-20-10-9-18-15-27(16-19(18)14-20)21-8-7-13-29-24(21)31-26(27)36/h7-10,13-14H,2-6,11-12,15-17H2,1H3,(H,30,34)(H,29,31,36)/t27-/m1/s1. The third-order valence-electron chi connectivity index (χ3n) is 8.34. The third kappa shape index (κ3) is 3.53. The second kappa shape index (κ2) is 8.54. The number of pyridine rings is 1. The van der Waals surface area contributed by atoms with Gasteiger partial charge in [-0.15, -0.1) is 0 Å². The minimum absolute atomic E-state index is 0.00565. The summed E-state index contributed by atoms with van der Waals surface area (Å²) in [7, 11) is 0. The van der Waals surface area contributed by atoms with E-state index in [1.807, 2.05) is 37.3 Å². The number of aliphatic imine (C=N–C) groups is 1. The molecule has 2 spiro atoms. The Labute approximate surface area is 210 Å². The first kappa shape index (κ1) is 22.9. The topological polar surface area (TPSA) is 104 Å². The first-order valence-corrected chi connectivity index (χ1v) is 13.0. The zero-order valence-corrected chi connectivity index (χ0v) is 20.6. The Morgan fingerprint density at radius 2 is 1.86 bits per heavy atom. The van der Waals surface area contributed by atoms with Crippen molar-refractivity contribution in [3.8, 4) is 0 Å². The van der Waals surface area contributed by atoms with E-state index in [-0.39, 0.29) is 24.3 Å². The number of fused-ring (bicyclic) bond motifs is 3. The lowest BCUT2D eigenvalue weighted by atomic mass is 9.79. The summed E-state index contributed by atoms with van der Waals surface area (Å²) in [6.45, 7) is 1.94. The first-order valence-electron chi connectivity index (χ1n) is 13.0. The van der Waals surface area contributed by atoms with E-state index in [0.29, 0.717) is 36.5 Å². The zero-order valence-electron chi connectivity index (χ0n) is 20.6. The highest BCUT2D eigenvalue weighted by Crippen LogP contribution is 2.47. The number of carbonyl (C=O) groups is 3. The van der Waals surface area contributed by atoms with E-state index in [4.69, 9.17) is 4.99 Å². The van der Waals surface area contributed by atoms with Crippen molar-refractivity contribution in [1.29, 1.82) is 0 Å². The van der Waals surface area contributed by atoms with Gasteiger partial charge in [0.15, 0.2) is 0 Å². The van der Waals surface area contributed by atoms with Gasteiger partial charge in [0.05, 0.1) is 5.41 Å². The lowest BCUT2D eigenvalue weighted by Gasteiger charge is -2.35. The molecule has 0 unspecified atom stereocenters. The van der Waals surface area contributed by atoms with Crippen LogP contribution >= 0.6 is 0 Å². The van der Waals surface area contributed by atoms with Gasteiger partial charge in [-0.25, -0.2) is 4.98 Å². The van der Waals surface area contributed by atoms with Crippen molar-refractivity contribution in [3.05, 3.63) is 53.2 Å². The summed E-state index contributed by atoms with van der Waals surface area (Å²) in [5.74, 6) is 0.288. The molecule has 2 aromatic rings. The van der Waals surface area contributed by atoms with E-state index in [9.17, 15) is 14.4 Å². The van der Waals surface area contributed by atoms with Crippen LogP contribution < -0.4 is 10.6 Å². The number of hydrogen-bond acceptors (Lipinski definition) is 5. The van der Waals surface area contributed by atoms with Crippen LogP contribution in [0.15, 0.2) is 41.5 Å².